The molecule has 3 rings (SSSR count). The smallest absolute Gasteiger partial charge is 0.269 e. The molecular formula is C19H15F2N3O3. The molecule has 2 aromatic carbocycles. The van der Waals surface area contributed by atoms with Crippen molar-refractivity contribution in [3.63, 3.8) is 0 Å². The number of amides is 2. The second-order valence-electron chi connectivity index (χ2n) is 5.58. The predicted octanol–water partition coefficient (Wildman–Crippen LogP) is 3.01. The highest BCUT2D eigenvalue weighted by molar-refractivity contribution is 5.95. The molecule has 8 heteroatoms. The van der Waals surface area contributed by atoms with Gasteiger partial charge in [-0.1, -0.05) is 24.3 Å². The van der Waals surface area contributed by atoms with Gasteiger partial charge >= 0.3 is 0 Å². The summed E-state index contributed by atoms with van der Waals surface area (Å²) in [5, 5.41) is 0. The Morgan fingerprint density at radius 3 is 2.37 bits per heavy atom. The highest BCUT2D eigenvalue weighted by Gasteiger charge is 2.16. The van der Waals surface area contributed by atoms with Crippen LogP contribution in [0.2, 0.25) is 0 Å². The number of nitrogens with zero attached hydrogens (tertiary/aromatic N) is 1. The Hall–Kier alpha value is -3.55. The van der Waals surface area contributed by atoms with Gasteiger partial charge in [-0.05, 0) is 24.3 Å². The van der Waals surface area contributed by atoms with Gasteiger partial charge in [0, 0.05) is 18.4 Å². The summed E-state index contributed by atoms with van der Waals surface area (Å²) in [6, 6.07) is 11.9. The van der Waals surface area contributed by atoms with Crippen LogP contribution in [0.15, 0.2) is 59.1 Å². The fourth-order valence-corrected chi connectivity index (χ4v) is 2.35. The number of hydrogen-bond donors (Lipinski definition) is 2. The summed E-state index contributed by atoms with van der Waals surface area (Å²) in [4.78, 5) is 27.6. The molecule has 6 nitrogen and oxygen atoms in total. The van der Waals surface area contributed by atoms with Gasteiger partial charge in [-0.25, -0.2) is 13.8 Å². The molecule has 0 fully saturated rings. The van der Waals surface area contributed by atoms with Crippen LogP contribution in [0.1, 0.15) is 22.7 Å². The number of benzene rings is 2. The van der Waals surface area contributed by atoms with E-state index < -0.39 is 23.4 Å². The van der Waals surface area contributed by atoms with Crippen LogP contribution in [-0.2, 0) is 11.2 Å². The zero-order chi connectivity index (χ0) is 19.2. The first-order valence-corrected chi connectivity index (χ1v) is 8.08. The number of hydrogen-bond acceptors (Lipinski definition) is 4. The van der Waals surface area contributed by atoms with Crippen LogP contribution in [0.25, 0.3) is 11.3 Å². The van der Waals surface area contributed by atoms with Gasteiger partial charge in [-0.3, -0.25) is 20.4 Å². The summed E-state index contributed by atoms with van der Waals surface area (Å²) < 4.78 is 32.8. The topological polar surface area (TPSA) is 84.2 Å². The van der Waals surface area contributed by atoms with Gasteiger partial charge in [0.25, 0.3) is 5.91 Å². The molecule has 138 valence electrons. The zero-order valence-corrected chi connectivity index (χ0v) is 14.0. The third kappa shape index (κ3) is 4.55. The first-order valence-electron chi connectivity index (χ1n) is 8.08. The molecule has 0 atom stereocenters. The van der Waals surface area contributed by atoms with Gasteiger partial charge in [0.15, 0.2) is 11.7 Å². The van der Waals surface area contributed by atoms with Crippen LogP contribution >= 0.6 is 0 Å². The van der Waals surface area contributed by atoms with Crippen LogP contribution in [-0.4, -0.2) is 16.8 Å². The molecule has 0 aliphatic heterocycles. The molecule has 0 aliphatic carbocycles. The lowest BCUT2D eigenvalue weighted by atomic mass is 10.1. The molecule has 27 heavy (non-hydrogen) atoms. The van der Waals surface area contributed by atoms with Gasteiger partial charge in [-0.15, -0.1) is 0 Å². The number of rotatable bonds is 5. The summed E-state index contributed by atoms with van der Waals surface area (Å²) in [5.41, 5.74) is 4.67. The lowest BCUT2D eigenvalue weighted by Gasteiger charge is -2.06. The van der Waals surface area contributed by atoms with Crippen molar-refractivity contribution < 1.29 is 22.8 Å². The van der Waals surface area contributed by atoms with Gasteiger partial charge in [-0.2, -0.15) is 0 Å². The summed E-state index contributed by atoms with van der Waals surface area (Å²) >= 11 is 0. The molecule has 1 aromatic heterocycles. The van der Waals surface area contributed by atoms with Gasteiger partial charge in [0.1, 0.15) is 11.6 Å². The van der Waals surface area contributed by atoms with Crippen molar-refractivity contribution >= 4 is 11.8 Å². The van der Waals surface area contributed by atoms with Crippen molar-refractivity contribution in [1.29, 1.82) is 0 Å². The SMILES string of the molecule is O=C(CCc1ncc(-c2c(F)cccc2F)o1)NNC(=O)c1ccccc1. The Morgan fingerprint density at radius 1 is 0.963 bits per heavy atom. The molecule has 1 heterocycles. The summed E-state index contributed by atoms with van der Waals surface area (Å²) in [5.74, 6) is -2.35. The van der Waals surface area contributed by atoms with Crippen molar-refractivity contribution in [2.24, 2.45) is 0 Å². The van der Waals surface area contributed by atoms with Crippen molar-refractivity contribution in [2.45, 2.75) is 12.8 Å². The lowest BCUT2D eigenvalue weighted by molar-refractivity contribution is -0.121. The van der Waals surface area contributed by atoms with E-state index in [-0.39, 0.29) is 30.1 Å². The van der Waals surface area contributed by atoms with Crippen molar-refractivity contribution in [2.75, 3.05) is 0 Å². The maximum absolute atomic E-state index is 13.7. The molecule has 0 saturated heterocycles. The van der Waals surface area contributed by atoms with Crippen molar-refractivity contribution in [3.05, 3.63) is 77.8 Å². The monoisotopic (exact) mass is 371 g/mol. The minimum atomic E-state index is -0.765. The Morgan fingerprint density at radius 2 is 1.67 bits per heavy atom. The summed E-state index contributed by atoms with van der Waals surface area (Å²) in [7, 11) is 0. The Labute approximate surface area is 153 Å². The number of halogens is 2. The lowest BCUT2D eigenvalue weighted by Crippen LogP contribution is -2.41. The average Bonchev–Trinajstić information content (AvgIpc) is 3.13. The second kappa shape index (κ2) is 8.22. The van der Waals surface area contributed by atoms with E-state index in [9.17, 15) is 18.4 Å². The maximum Gasteiger partial charge on any atom is 0.269 e. The number of oxazole rings is 1. The number of carbonyl (C=O) groups excluding carboxylic acids is 2. The van der Waals surface area contributed by atoms with E-state index in [1.54, 1.807) is 30.3 Å². The Balaban J connectivity index is 1.53. The highest BCUT2D eigenvalue weighted by atomic mass is 19.1. The largest absolute Gasteiger partial charge is 0.441 e. The van der Waals surface area contributed by atoms with E-state index in [0.717, 1.165) is 12.1 Å². The normalized spacial score (nSPS) is 10.4. The molecule has 0 aliphatic rings. The van der Waals surface area contributed by atoms with Crippen molar-refractivity contribution in [3.8, 4) is 11.3 Å². The zero-order valence-electron chi connectivity index (χ0n) is 14.0. The molecular weight excluding hydrogens is 356 g/mol. The number of carbonyl (C=O) groups is 2. The van der Waals surface area contributed by atoms with E-state index >= 15 is 0 Å². The first-order chi connectivity index (χ1) is 13.0. The molecule has 0 unspecified atom stereocenters. The van der Waals surface area contributed by atoms with E-state index in [4.69, 9.17) is 4.42 Å². The van der Waals surface area contributed by atoms with Crippen LogP contribution in [0, 0.1) is 11.6 Å². The predicted molar refractivity (Wildman–Crippen MR) is 92.2 cm³/mol. The van der Waals surface area contributed by atoms with Gasteiger partial charge in [0.2, 0.25) is 5.91 Å². The van der Waals surface area contributed by atoms with Crippen LogP contribution in [0.3, 0.4) is 0 Å². The third-order valence-corrected chi connectivity index (χ3v) is 3.68. The minimum absolute atomic E-state index is 0.0330. The highest BCUT2D eigenvalue weighted by Crippen LogP contribution is 2.26. The van der Waals surface area contributed by atoms with Gasteiger partial charge < -0.3 is 4.42 Å². The fraction of sp³-hybridized carbons (Fsp3) is 0.105. The molecule has 0 bridgehead atoms. The van der Waals surface area contributed by atoms with Crippen LogP contribution in [0.5, 0.6) is 0 Å². The number of aryl methyl sites for hydroxylation is 1. The number of hydrazine groups is 1. The molecule has 0 radical (unpaired) electrons. The Kier molecular flexibility index (Phi) is 5.55. The standard InChI is InChI=1S/C19H15F2N3O3/c20-13-7-4-8-14(21)18(13)15-11-22-17(27-15)10-9-16(25)23-24-19(26)12-5-2-1-3-6-12/h1-8,11H,9-10H2,(H,23,25)(H,24,26). The number of nitrogens with one attached hydrogen (secondary N) is 2. The Bertz CT molecular complexity index is 938. The fourth-order valence-electron chi connectivity index (χ4n) is 2.35. The minimum Gasteiger partial charge on any atom is -0.441 e. The van der Waals surface area contributed by atoms with E-state index in [0.29, 0.717) is 5.56 Å². The van der Waals surface area contributed by atoms with Crippen LogP contribution in [0.4, 0.5) is 8.78 Å². The van der Waals surface area contributed by atoms with Crippen LogP contribution < -0.4 is 10.9 Å². The maximum atomic E-state index is 13.7. The molecule has 2 amide bonds. The summed E-state index contributed by atoms with van der Waals surface area (Å²) in [6.45, 7) is 0. The van der Waals surface area contributed by atoms with E-state index in [1.807, 2.05) is 0 Å². The quantitative estimate of drug-likeness (QED) is 0.676. The van der Waals surface area contributed by atoms with E-state index in [2.05, 4.69) is 15.8 Å². The van der Waals surface area contributed by atoms with E-state index in [1.165, 1.54) is 12.3 Å². The summed E-state index contributed by atoms with van der Waals surface area (Å²) in [6.07, 6.45) is 1.27. The second-order valence-corrected chi connectivity index (χ2v) is 5.58. The number of aromatic nitrogens is 1. The molecule has 3 aromatic rings. The third-order valence-electron chi connectivity index (χ3n) is 3.68. The van der Waals surface area contributed by atoms with Gasteiger partial charge in [0.05, 0.1) is 11.8 Å². The molecule has 0 saturated carbocycles. The molecule has 2 N–H and O–H groups in total. The first kappa shape index (κ1) is 18.2. The molecule has 0 spiro atoms. The average molecular weight is 371 g/mol. The van der Waals surface area contributed by atoms with Crippen molar-refractivity contribution in [1.82, 2.24) is 15.8 Å².